The molecule has 0 fully saturated rings. The normalized spacial score (nSPS) is 12.0. The van der Waals surface area contributed by atoms with E-state index in [0.29, 0.717) is 28.7 Å². The van der Waals surface area contributed by atoms with E-state index in [1.165, 1.54) is 0 Å². The van der Waals surface area contributed by atoms with Gasteiger partial charge < -0.3 is 22.3 Å². The number of hydrogen-bond donors (Lipinski definition) is 4. The smallest absolute Gasteiger partial charge is 0.421 e. The number of unbranched alkanes of at least 4 members (excludes halogenated alkanes) is 3. The van der Waals surface area contributed by atoms with Gasteiger partial charge in [0.05, 0.1) is 63.3 Å². The third-order valence-corrected chi connectivity index (χ3v) is 8.24. The molecule has 6 rings (SSSR count). The minimum atomic E-state index is -0.00374. The van der Waals surface area contributed by atoms with Crippen molar-refractivity contribution in [2.45, 2.75) is 38.8 Å². The minimum absolute atomic E-state index is 0.00374. The fourth-order valence-corrected chi connectivity index (χ4v) is 5.66. The van der Waals surface area contributed by atoms with Crippen molar-refractivity contribution >= 4 is 61.9 Å². The van der Waals surface area contributed by atoms with Crippen molar-refractivity contribution < 1.29 is 14.2 Å². The number of hydrogen-bond acceptors (Lipinski definition) is 8. The van der Waals surface area contributed by atoms with E-state index in [9.17, 15) is 5.11 Å². The van der Waals surface area contributed by atoms with Gasteiger partial charge in [-0.3, -0.25) is 0 Å². The van der Waals surface area contributed by atoms with E-state index in [0.717, 1.165) is 66.3 Å². The number of nitrogens with zero attached hydrogens (tertiary/aromatic N) is 8. The number of nitrogen functional groups attached to an aromatic ring is 3. The number of aryl methyl sites for hydroxylation is 4. The molecule has 234 valence electrons. The quantitative estimate of drug-likeness (QED) is 0.0414. The van der Waals surface area contributed by atoms with E-state index in [4.69, 9.17) is 17.2 Å². The van der Waals surface area contributed by atoms with E-state index in [-0.39, 0.29) is 11.4 Å². The first-order valence-electron chi connectivity index (χ1n) is 15.3. The molecule has 6 aromatic rings. The fourth-order valence-electron chi connectivity index (χ4n) is 5.66. The van der Waals surface area contributed by atoms with Crippen LogP contribution in [0.25, 0.3) is 21.5 Å². The highest BCUT2D eigenvalue weighted by Crippen LogP contribution is 2.40. The van der Waals surface area contributed by atoms with E-state index >= 15 is 0 Å². The Morgan fingerprint density at radius 1 is 0.630 bits per heavy atom. The molecule has 0 atom stereocenters. The second-order valence-electron chi connectivity index (χ2n) is 11.4. The van der Waals surface area contributed by atoms with Gasteiger partial charge in [0, 0.05) is 21.0 Å². The Morgan fingerprint density at radius 2 is 1.11 bits per heavy atom. The Kier molecular flexibility index (Phi) is 8.59. The van der Waals surface area contributed by atoms with Crippen LogP contribution in [0.1, 0.15) is 25.7 Å². The van der Waals surface area contributed by atoms with Gasteiger partial charge in [-0.05, 0) is 35.7 Å². The third-order valence-electron chi connectivity index (χ3n) is 8.24. The van der Waals surface area contributed by atoms with Crippen molar-refractivity contribution in [2.75, 3.05) is 17.2 Å². The van der Waals surface area contributed by atoms with Crippen LogP contribution in [0, 0.1) is 0 Å². The molecular formula is C34H39N11O+2. The zero-order chi connectivity index (χ0) is 32.2. The maximum Gasteiger partial charge on any atom is 0.421 e. The van der Waals surface area contributed by atoms with Crippen molar-refractivity contribution in [3.8, 4) is 5.75 Å². The average molecular weight is 618 g/mol. The second kappa shape index (κ2) is 13.1. The number of anilines is 3. The highest BCUT2D eigenvalue weighted by atomic mass is 16.3. The molecule has 0 aliphatic heterocycles. The van der Waals surface area contributed by atoms with Crippen molar-refractivity contribution in [3.63, 3.8) is 0 Å². The third kappa shape index (κ3) is 6.09. The lowest BCUT2D eigenvalue weighted by Gasteiger charge is -2.07. The number of azo groups is 2. The van der Waals surface area contributed by atoms with E-state index in [1.807, 2.05) is 103 Å². The summed E-state index contributed by atoms with van der Waals surface area (Å²) in [5.41, 5.74) is 20.8. The van der Waals surface area contributed by atoms with Crippen molar-refractivity contribution in [2.24, 2.45) is 34.6 Å². The number of rotatable bonds is 11. The van der Waals surface area contributed by atoms with Crippen LogP contribution in [0.3, 0.4) is 0 Å². The second-order valence-corrected chi connectivity index (χ2v) is 11.4. The van der Waals surface area contributed by atoms with E-state index < -0.39 is 0 Å². The number of nitrogens with two attached hydrogens (primary N) is 3. The Labute approximate surface area is 266 Å². The Balaban J connectivity index is 1.06. The average Bonchev–Trinajstić information content (AvgIpc) is 3.59. The molecule has 2 aromatic heterocycles. The van der Waals surface area contributed by atoms with Crippen molar-refractivity contribution in [1.29, 1.82) is 0 Å². The number of aromatic hydroxyl groups is 1. The summed E-state index contributed by atoms with van der Waals surface area (Å²) in [4.78, 5) is 0. The molecule has 0 spiro atoms. The summed E-state index contributed by atoms with van der Waals surface area (Å²) in [5.74, 6) is 1.44. The van der Waals surface area contributed by atoms with Gasteiger partial charge in [-0.25, -0.2) is 18.3 Å². The van der Waals surface area contributed by atoms with E-state index in [1.54, 1.807) is 6.07 Å². The molecule has 0 unspecified atom stereocenters. The summed E-state index contributed by atoms with van der Waals surface area (Å²) in [6.07, 6.45) is 12.1. The molecule has 12 heteroatoms. The van der Waals surface area contributed by atoms with Crippen LogP contribution in [-0.2, 0) is 27.2 Å². The SMILES string of the molecule is C[n+]1ccn(CCCCCCn2cc[n+](C)c2N=Nc2c(N)c(O)cc3ccccc23)c1N=Nc1c(N)c(N)cc2ccccc12. The van der Waals surface area contributed by atoms with Crippen LogP contribution in [0.4, 0.5) is 40.3 Å². The molecule has 0 aliphatic carbocycles. The molecule has 0 amide bonds. The lowest BCUT2D eigenvalue weighted by atomic mass is 10.1. The van der Waals surface area contributed by atoms with Gasteiger partial charge in [-0.1, -0.05) is 71.6 Å². The first-order chi connectivity index (χ1) is 22.3. The molecule has 0 radical (unpaired) electrons. The summed E-state index contributed by atoms with van der Waals surface area (Å²) in [6.45, 7) is 1.62. The number of fused-ring (bicyclic) bond motifs is 2. The Hall–Kier alpha value is -5.78. The number of benzene rings is 4. The molecular weight excluding hydrogens is 578 g/mol. The van der Waals surface area contributed by atoms with Crippen LogP contribution in [-0.4, -0.2) is 14.2 Å². The predicted molar refractivity (Wildman–Crippen MR) is 181 cm³/mol. The monoisotopic (exact) mass is 617 g/mol. The van der Waals surface area contributed by atoms with Crippen LogP contribution in [0.5, 0.6) is 5.75 Å². The maximum atomic E-state index is 10.3. The summed E-state index contributed by atoms with van der Waals surface area (Å²) >= 11 is 0. The van der Waals surface area contributed by atoms with Crippen molar-refractivity contribution in [3.05, 3.63) is 85.5 Å². The standard InChI is InChI=1S/C34H37N11O/c1-42-17-19-44(33(42)40-38-31-25-13-7-5-11-23(25)21-27(35)29(31)36)15-9-3-4-10-16-45-20-18-43(2)34(45)41-39-32-26-14-8-6-12-24(26)22-28(46)30(32)37/h5-8,11-14,17-22,36-37H,3-4,9-10,15-16H2,1-2H3,(H3,35,38,39,46)/p+2. The zero-order valence-electron chi connectivity index (χ0n) is 26.1. The van der Waals surface area contributed by atoms with Gasteiger partial charge in [0.25, 0.3) is 0 Å². The largest absolute Gasteiger partial charge is 0.506 e. The molecule has 0 saturated carbocycles. The van der Waals surface area contributed by atoms with Crippen LogP contribution in [0.2, 0.25) is 0 Å². The molecule has 4 aromatic carbocycles. The topological polar surface area (TPSA) is 165 Å². The number of phenolic OH excluding ortho intramolecular Hbond substituents is 1. The summed E-state index contributed by atoms with van der Waals surface area (Å²) in [6, 6.07) is 19.1. The minimum Gasteiger partial charge on any atom is -0.506 e. The number of imidazole rings is 2. The first-order valence-corrected chi connectivity index (χ1v) is 15.3. The molecule has 2 heterocycles. The molecule has 7 N–H and O–H groups in total. The molecule has 12 nitrogen and oxygen atoms in total. The summed E-state index contributed by atoms with van der Waals surface area (Å²) < 4.78 is 8.06. The molecule has 0 bridgehead atoms. The Morgan fingerprint density at radius 3 is 1.65 bits per heavy atom. The van der Waals surface area contributed by atoms with Crippen LogP contribution in [0.15, 0.2) is 106 Å². The van der Waals surface area contributed by atoms with Gasteiger partial charge >= 0.3 is 11.9 Å². The lowest BCUT2D eigenvalue weighted by molar-refractivity contribution is -0.657. The predicted octanol–water partition coefficient (Wildman–Crippen LogP) is 6.79. The van der Waals surface area contributed by atoms with Gasteiger partial charge in [0.15, 0.2) is 0 Å². The number of phenols is 1. The van der Waals surface area contributed by atoms with Crippen molar-refractivity contribution in [1.82, 2.24) is 9.13 Å². The maximum absolute atomic E-state index is 10.3. The Bertz CT molecular complexity index is 1940. The summed E-state index contributed by atoms with van der Waals surface area (Å²) in [7, 11) is 3.89. The molecule has 0 saturated heterocycles. The highest BCUT2D eigenvalue weighted by molar-refractivity contribution is 6.02. The molecule has 46 heavy (non-hydrogen) atoms. The fraction of sp³-hybridized carbons (Fsp3) is 0.235. The van der Waals surface area contributed by atoms with Crippen LogP contribution >= 0.6 is 0 Å². The zero-order valence-corrected chi connectivity index (χ0v) is 26.1. The molecule has 0 aliphatic rings. The number of aromatic nitrogens is 4. The first kappa shape index (κ1) is 30.3. The highest BCUT2D eigenvalue weighted by Gasteiger charge is 2.18. The van der Waals surface area contributed by atoms with Gasteiger partial charge in [0.2, 0.25) is 0 Å². The van der Waals surface area contributed by atoms with Gasteiger partial charge in [0.1, 0.15) is 22.8 Å². The lowest BCUT2D eigenvalue weighted by Crippen LogP contribution is -2.25. The van der Waals surface area contributed by atoms with Gasteiger partial charge in [-0.15, -0.1) is 0 Å². The van der Waals surface area contributed by atoms with E-state index in [2.05, 4.69) is 29.6 Å². The van der Waals surface area contributed by atoms with Crippen LogP contribution < -0.4 is 26.3 Å². The summed E-state index contributed by atoms with van der Waals surface area (Å²) in [5, 5.41) is 32.1. The van der Waals surface area contributed by atoms with Gasteiger partial charge in [-0.2, -0.15) is 0 Å².